The molecule has 0 saturated heterocycles. The van der Waals surface area contributed by atoms with Gasteiger partial charge in [-0.1, -0.05) is 17.7 Å². The molecule has 2 aliphatic rings. The lowest BCUT2D eigenvalue weighted by molar-refractivity contribution is -0.138. The molecule has 7 nitrogen and oxygen atoms in total. The van der Waals surface area contributed by atoms with Gasteiger partial charge in [0.25, 0.3) is 0 Å². The molecule has 1 aromatic rings. The van der Waals surface area contributed by atoms with E-state index in [9.17, 15) is 19.5 Å². The van der Waals surface area contributed by atoms with Crippen molar-refractivity contribution >= 4 is 23.5 Å². The van der Waals surface area contributed by atoms with Crippen molar-refractivity contribution in [3.8, 4) is 0 Å². The molecular formula is C23H33N3O4. The average molecular weight is 416 g/mol. The molecule has 0 spiro atoms. The lowest BCUT2D eigenvalue weighted by Gasteiger charge is -2.39. The molecular weight excluding hydrogens is 382 g/mol. The number of hydrogen-bond acceptors (Lipinski definition) is 4. The maximum absolute atomic E-state index is 13.1. The molecule has 0 radical (unpaired) electrons. The molecule has 0 heterocycles. The Labute approximate surface area is 178 Å². The molecule has 164 valence electrons. The molecule has 3 rings (SSSR count). The number of aryl methyl sites for hydroxylation is 1. The number of nitrogens with two attached hydrogens (primary N) is 1. The van der Waals surface area contributed by atoms with Crippen LogP contribution in [0.25, 0.3) is 0 Å². The summed E-state index contributed by atoms with van der Waals surface area (Å²) in [6.07, 6.45) is 5.92. The van der Waals surface area contributed by atoms with Crippen LogP contribution in [-0.2, 0) is 14.4 Å². The normalized spacial score (nSPS) is 22.6. The monoisotopic (exact) mass is 415 g/mol. The van der Waals surface area contributed by atoms with E-state index in [0.717, 1.165) is 18.4 Å². The van der Waals surface area contributed by atoms with Crippen LogP contribution in [0.1, 0.15) is 50.5 Å². The number of amides is 2. The fourth-order valence-corrected chi connectivity index (χ4v) is 4.49. The minimum absolute atomic E-state index is 0.00151. The number of carbonyl (C=O) groups is 3. The summed E-state index contributed by atoms with van der Waals surface area (Å²) in [5.74, 6) is -1.37. The highest BCUT2D eigenvalue weighted by Crippen LogP contribution is 2.34. The third-order valence-electron chi connectivity index (χ3n) is 6.79. The Balaban J connectivity index is 1.60. The van der Waals surface area contributed by atoms with Crippen LogP contribution in [0.3, 0.4) is 0 Å². The third kappa shape index (κ3) is 5.01. The Hall–Kier alpha value is -2.41. The van der Waals surface area contributed by atoms with Crippen LogP contribution < -0.4 is 10.6 Å². The Morgan fingerprint density at radius 1 is 1.07 bits per heavy atom. The first kappa shape index (κ1) is 22.3. The van der Waals surface area contributed by atoms with Gasteiger partial charge in [-0.25, -0.2) is 0 Å². The molecule has 0 unspecified atom stereocenters. The predicted octanol–water partition coefficient (Wildman–Crippen LogP) is 2.56. The van der Waals surface area contributed by atoms with Gasteiger partial charge in [0.15, 0.2) is 0 Å². The Kier molecular flexibility index (Phi) is 7.13. The number of anilines is 1. The molecule has 1 atom stereocenters. The van der Waals surface area contributed by atoms with Gasteiger partial charge in [0.1, 0.15) is 6.54 Å². The van der Waals surface area contributed by atoms with Crippen molar-refractivity contribution in [1.82, 2.24) is 4.90 Å². The minimum Gasteiger partial charge on any atom is -0.480 e. The molecule has 1 aromatic carbocycles. The zero-order valence-corrected chi connectivity index (χ0v) is 17.9. The fourth-order valence-electron chi connectivity index (χ4n) is 4.49. The zero-order valence-electron chi connectivity index (χ0n) is 17.9. The van der Waals surface area contributed by atoms with E-state index in [1.807, 2.05) is 26.1 Å². The predicted molar refractivity (Wildman–Crippen MR) is 115 cm³/mol. The molecule has 0 bridgehead atoms. The fraction of sp³-hybridized carbons (Fsp3) is 0.609. The molecule has 2 saturated carbocycles. The van der Waals surface area contributed by atoms with Gasteiger partial charge in [0, 0.05) is 24.7 Å². The Bertz CT molecular complexity index is 767. The summed E-state index contributed by atoms with van der Waals surface area (Å²) in [6.45, 7) is 1.59. The van der Waals surface area contributed by atoms with Crippen molar-refractivity contribution in [2.75, 3.05) is 18.5 Å². The van der Waals surface area contributed by atoms with Crippen molar-refractivity contribution in [3.63, 3.8) is 0 Å². The second kappa shape index (κ2) is 9.60. The van der Waals surface area contributed by atoms with Crippen LogP contribution in [-0.4, -0.2) is 53.5 Å². The standard InChI is InChI=1S/C23H33N3O4/c1-15-6-12-19(13-7-15)26(14-20(27)28)22(29)17-10-8-16(9-11-17)21(24)23(30)25(2)18-4-3-5-18/h6-7,12-13,16-18,21H,3-5,8-11,14,24H2,1-2H3,(H,27,28)/t16?,17?,21-/m0/s1. The number of rotatable bonds is 7. The molecule has 0 aliphatic heterocycles. The van der Waals surface area contributed by atoms with Crippen molar-refractivity contribution in [3.05, 3.63) is 29.8 Å². The van der Waals surface area contributed by atoms with Gasteiger partial charge in [-0.05, 0) is 69.9 Å². The summed E-state index contributed by atoms with van der Waals surface area (Å²) in [5.41, 5.74) is 7.95. The Morgan fingerprint density at radius 2 is 1.67 bits per heavy atom. The lowest BCUT2D eigenvalue weighted by atomic mass is 9.77. The number of carboxylic acid groups (broad SMARTS) is 1. The van der Waals surface area contributed by atoms with Gasteiger partial charge < -0.3 is 20.6 Å². The van der Waals surface area contributed by atoms with E-state index in [0.29, 0.717) is 37.4 Å². The molecule has 0 aromatic heterocycles. The van der Waals surface area contributed by atoms with Crippen LogP contribution in [0, 0.1) is 18.8 Å². The Morgan fingerprint density at radius 3 is 2.17 bits per heavy atom. The molecule has 2 amide bonds. The summed E-state index contributed by atoms with van der Waals surface area (Å²) in [6, 6.07) is 7.11. The molecule has 7 heteroatoms. The second-order valence-corrected chi connectivity index (χ2v) is 8.83. The topological polar surface area (TPSA) is 104 Å². The number of benzene rings is 1. The van der Waals surface area contributed by atoms with Gasteiger partial charge in [0.05, 0.1) is 6.04 Å². The van der Waals surface area contributed by atoms with Crippen LogP contribution in [0.5, 0.6) is 0 Å². The van der Waals surface area contributed by atoms with E-state index >= 15 is 0 Å². The largest absolute Gasteiger partial charge is 0.480 e. The van der Waals surface area contributed by atoms with Gasteiger partial charge in [-0.15, -0.1) is 0 Å². The van der Waals surface area contributed by atoms with E-state index in [1.54, 1.807) is 17.0 Å². The second-order valence-electron chi connectivity index (χ2n) is 8.83. The third-order valence-corrected chi connectivity index (χ3v) is 6.79. The van der Waals surface area contributed by atoms with Crippen LogP contribution in [0.4, 0.5) is 5.69 Å². The number of carbonyl (C=O) groups excluding carboxylic acids is 2. The van der Waals surface area contributed by atoms with E-state index in [-0.39, 0.29) is 30.2 Å². The number of hydrogen-bond donors (Lipinski definition) is 2. The van der Waals surface area contributed by atoms with Crippen molar-refractivity contribution in [2.45, 2.75) is 64.0 Å². The molecule has 30 heavy (non-hydrogen) atoms. The molecule has 2 fully saturated rings. The van der Waals surface area contributed by atoms with Crippen LogP contribution in [0.15, 0.2) is 24.3 Å². The quantitative estimate of drug-likeness (QED) is 0.712. The van der Waals surface area contributed by atoms with Gasteiger partial charge >= 0.3 is 5.97 Å². The summed E-state index contributed by atoms with van der Waals surface area (Å²) in [5, 5.41) is 9.29. The average Bonchev–Trinajstić information content (AvgIpc) is 2.70. The summed E-state index contributed by atoms with van der Waals surface area (Å²) in [4.78, 5) is 40.3. The van der Waals surface area contributed by atoms with Gasteiger partial charge in [0.2, 0.25) is 11.8 Å². The molecule has 2 aliphatic carbocycles. The number of carboxylic acids is 1. The number of likely N-dealkylation sites (N-methyl/N-ethyl adjacent to an activating group) is 1. The number of aliphatic carboxylic acids is 1. The highest BCUT2D eigenvalue weighted by molar-refractivity contribution is 5.98. The minimum atomic E-state index is -1.04. The maximum Gasteiger partial charge on any atom is 0.323 e. The summed E-state index contributed by atoms with van der Waals surface area (Å²) < 4.78 is 0. The van der Waals surface area contributed by atoms with Gasteiger partial charge in [-0.3, -0.25) is 14.4 Å². The lowest BCUT2D eigenvalue weighted by Crippen LogP contribution is -2.52. The highest BCUT2D eigenvalue weighted by Gasteiger charge is 2.37. The van der Waals surface area contributed by atoms with Gasteiger partial charge in [-0.2, -0.15) is 0 Å². The van der Waals surface area contributed by atoms with E-state index < -0.39 is 12.0 Å². The maximum atomic E-state index is 13.1. The van der Waals surface area contributed by atoms with E-state index in [2.05, 4.69) is 0 Å². The SMILES string of the molecule is Cc1ccc(N(CC(=O)O)C(=O)C2CCC([C@H](N)C(=O)N(C)C3CCC3)CC2)cc1. The van der Waals surface area contributed by atoms with Crippen molar-refractivity contribution in [1.29, 1.82) is 0 Å². The van der Waals surface area contributed by atoms with Crippen LogP contribution in [0.2, 0.25) is 0 Å². The number of nitrogens with zero attached hydrogens (tertiary/aromatic N) is 2. The van der Waals surface area contributed by atoms with E-state index in [1.165, 1.54) is 11.3 Å². The first-order valence-electron chi connectivity index (χ1n) is 10.9. The molecule has 3 N–H and O–H groups in total. The van der Waals surface area contributed by atoms with E-state index in [4.69, 9.17) is 5.73 Å². The highest BCUT2D eigenvalue weighted by atomic mass is 16.4. The summed E-state index contributed by atoms with van der Waals surface area (Å²) in [7, 11) is 1.84. The summed E-state index contributed by atoms with van der Waals surface area (Å²) >= 11 is 0. The smallest absolute Gasteiger partial charge is 0.323 e. The van der Waals surface area contributed by atoms with Crippen LogP contribution >= 0.6 is 0 Å². The van der Waals surface area contributed by atoms with Crippen molar-refractivity contribution < 1.29 is 19.5 Å². The first-order valence-corrected chi connectivity index (χ1v) is 10.9. The van der Waals surface area contributed by atoms with Crippen molar-refractivity contribution in [2.24, 2.45) is 17.6 Å². The zero-order chi connectivity index (χ0) is 21.8. The first-order chi connectivity index (χ1) is 14.3.